The van der Waals surface area contributed by atoms with E-state index < -0.39 is 17.4 Å². The fraction of sp³-hybridized carbons (Fsp3) is 0.318. The summed E-state index contributed by atoms with van der Waals surface area (Å²) in [4.78, 5) is 25.4. The monoisotopic (exact) mass is 427 g/mol. The first kappa shape index (κ1) is 21.9. The molecule has 3 N–H and O–H groups in total. The van der Waals surface area contributed by atoms with Gasteiger partial charge in [0.05, 0.1) is 25.3 Å². The maximum Gasteiger partial charge on any atom is 0.306 e. The molecule has 3 aromatic rings. The van der Waals surface area contributed by atoms with E-state index in [1.807, 2.05) is 0 Å². The first-order valence-electron chi connectivity index (χ1n) is 9.70. The van der Waals surface area contributed by atoms with Gasteiger partial charge in [0.15, 0.2) is 11.5 Å². The molecule has 3 rings (SSSR count). The number of phenols is 2. The molecule has 164 valence electrons. The molecule has 0 spiro atoms. The molecule has 0 bridgehead atoms. The zero-order valence-corrected chi connectivity index (χ0v) is 17.6. The van der Waals surface area contributed by atoms with Gasteiger partial charge in [0.2, 0.25) is 0 Å². The van der Waals surface area contributed by atoms with E-state index in [4.69, 9.17) is 4.74 Å². The number of methoxy groups -OCH3 is 1. The predicted octanol–water partition coefficient (Wildman–Crippen LogP) is 1.94. The lowest BCUT2D eigenvalue weighted by molar-refractivity contribution is -0.140. The summed E-state index contributed by atoms with van der Waals surface area (Å²) in [5.41, 5.74) is 1.57. The molecule has 31 heavy (non-hydrogen) atoms. The maximum absolute atomic E-state index is 13.4. The molecule has 1 atom stereocenters. The number of esters is 1. The third kappa shape index (κ3) is 4.71. The first-order chi connectivity index (χ1) is 14.7. The smallest absolute Gasteiger partial charge is 0.306 e. The van der Waals surface area contributed by atoms with E-state index in [0.717, 1.165) is 5.56 Å². The highest BCUT2D eigenvalue weighted by atomic mass is 16.5. The fourth-order valence-corrected chi connectivity index (χ4v) is 3.60. The SMILES string of the molecule is COC(=O)C[C@@H](c1cnn(C)c1)c1c(O)cc(C)n(CCc2ccc(O)c(O)c2)c1=O. The van der Waals surface area contributed by atoms with Gasteiger partial charge in [-0.1, -0.05) is 6.07 Å². The van der Waals surface area contributed by atoms with E-state index in [9.17, 15) is 24.9 Å². The van der Waals surface area contributed by atoms with Crippen LogP contribution >= 0.6 is 0 Å². The molecule has 9 heteroatoms. The number of nitrogens with zero attached hydrogens (tertiary/aromatic N) is 3. The lowest BCUT2D eigenvalue weighted by atomic mass is 9.90. The average molecular weight is 427 g/mol. The second kappa shape index (κ2) is 8.95. The van der Waals surface area contributed by atoms with Crippen molar-refractivity contribution in [1.29, 1.82) is 0 Å². The number of rotatable bonds is 7. The Morgan fingerprint density at radius 1 is 1.16 bits per heavy atom. The normalized spacial score (nSPS) is 12.0. The van der Waals surface area contributed by atoms with E-state index in [1.165, 1.54) is 29.9 Å². The lowest BCUT2D eigenvalue weighted by Crippen LogP contribution is -2.29. The molecule has 0 fully saturated rings. The van der Waals surface area contributed by atoms with Crippen molar-refractivity contribution in [3.8, 4) is 17.2 Å². The van der Waals surface area contributed by atoms with Crippen molar-refractivity contribution in [2.45, 2.75) is 32.2 Å². The summed E-state index contributed by atoms with van der Waals surface area (Å²) in [6.45, 7) is 1.98. The van der Waals surface area contributed by atoms with E-state index in [0.29, 0.717) is 17.7 Å². The van der Waals surface area contributed by atoms with Crippen LogP contribution in [0.3, 0.4) is 0 Å². The zero-order chi connectivity index (χ0) is 22.7. The highest BCUT2D eigenvalue weighted by molar-refractivity contribution is 5.71. The van der Waals surface area contributed by atoms with E-state index in [-0.39, 0.29) is 35.8 Å². The van der Waals surface area contributed by atoms with Gasteiger partial charge in [-0.15, -0.1) is 0 Å². The third-order valence-electron chi connectivity index (χ3n) is 5.26. The van der Waals surface area contributed by atoms with Gasteiger partial charge in [-0.3, -0.25) is 14.3 Å². The molecule has 0 aliphatic heterocycles. The third-order valence-corrected chi connectivity index (χ3v) is 5.26. The van der Waals surface area contributed by atoms with Gasteiger partial charge in [-0.05, 0) is 42.7 Å². The summed E-state index contributed by atoms with van der Waals surface area (Å²) in [5, 5.41) is 33.9. The van der Waals surface area contributed by atoms with Crippen molar-refractivity contribution in [2.75, 3.05) is 7.11 Å². The van der Waals surface area contributed by atoms with Crippen molar-refractivity contribution >= 4 is 5.97 Å². The Labute approximate surface area is 178 Å². The molecule has 0 aliphatic carbocycles. The molecule has 0 unspecified atom stereocenters. The van der Waals surface area contributed by atoms with Crippen LogP contribution in [0.5, 0.6) is 17.2 Å². The number of hydrogen-bond acceptors (Lipinski definition) is 7. The molecule has 2 aromatic heterocycles. The average Bonchev–Trinajstić information content (AvgIpc) is 3.15. The number of aromatic nitrogens is 3. The Hall–Kier alpha value is -3.75. The highest BCUT2D eigenvalue weighted by Gasteiger charge is 2.27. The number of carbonyl (C=O) groups excluding carboxylic acids is 1. The van der Waals surface area contributed by atoms with Crippen LogP contribution in [0.25, 0.3) is 0 Å². The number of pyridine rings is 1. The summed E-state index contributed by atoms with van der Waals surface area (Å²) in [6, 6.07) is 5.97. The maximum atomic E-state index is 13.4. The standard InChI is InChI=1S/C22H25N3O6/c1-13-8-19(28)21(16(10-20(29)31-3)15-11-23-24(2)12-15)22(30)25(13)7-6-14-4-5-17(26)18(27)9-14/h4-5,8-9,11-12,16,26-28H,6-7,10H2,1-3H3/t16-/m0/s1. The minimum absolute atomic E-state index is 0.0950. The number of hydrogen-bond donors (Lipinski definition) is 3. The summed E-state index contributed by atoms with van der Waals surface area (Å²) < 4.78 is 7.86. The largest absolute Gasteiger partial charge is 0.507 e. The number of aryl methyl sites for hydroxylation is 3. The quantitative estimate of drug-likeness (QED) is 0.388. The van der Waals surface area contributed by atoms with Gasteiger partial charge in [-0.2, -0.15) is 5.10 Å². The van der Waals surface area contributed by atoms with Gasteiger partial charge in [-0.25, -0.2) is 0 Å². The highest BCUT2D eigenvalue weighted by Crippen LogP contribution is 2.32. The summed E-state index contributed by atoms with van der Waals surface area (Å²) in [7, 11) is 2.99. The van der Waals surface area contributed by atoms with Crippen molar-refractivity contribution < 1.29 is 24.9 Å². The van der Waals surface area contributed by atoms with Crippen LogP contribution in [-0.4, -0.2) is 42.7 Å². The fourth-order valence-electron chi connectivity index (χ4n) is 3.60. The minimum Gasteiger partial charge on any atom is -0.507 e. The Kier molecular flexibility index (Phi) is 6.33. The van der Waals surface area contributed by atoms with Crippen LogP contribution in [-0.2, 0) is 29.5 Å². The van der Waals surface area contributed by atoms with Crippen LogP contribution < -0.4 is 5.56 Å². The molecule has 0 saturated heterocycles. The van der Waals surface area contributed by atoms with Crippen LogP contribution in [0.2, 0.25) is 0 Å². The predicted molar refractivity (Wildman–Crippen MR) is 112 cm³/mol. The van der Waals surface area contributed by atoms with Crippen molar-refractivity contribution in [3.05, 3.63) is 69.4 Å². The molecule has 9 nitrogen and oxygen atoms in total. The number of phenolic OH excluding ortho intramolecular Hbond substituents is 2. The van der Waals surface area contributed by atoms with Crippen molar-refractivity contribution in [2.24, 2.45) is 7.05 Å². The van der Waals surface area contributed by atoms with E-state index >= 15 is 0 Å². The second-order valence-corrected chi connectivity index (χ2v) is 7.39. The van der Waals surface area contributed by atoms with Crippen molar-refractivity contribution in [3.63, 3.8) is 0 Å². The second-order valence-electron chi connectivity index (χ2n) is 7.39. The van der Waals surface area contributed by atoms with E-state index in [2.05, 4.69) is 5.10 Å². The molecule has 0 amide bonds. The summed E-state index contributed by atoms with van der Waals surface area (Å²) >= 11 is 0. The number of aromatic hydroxyl groups is 3. The molecule has 2 heterocycles. The van der Waals surface area contributed by atoms with Crippen LogP contribution in [0, 0.1) is 6.92 Å². The summed E-state index contributed by atoms with van der Waals surface area (Å²) in [6.07, 6.45) is 3.53. The van der Waals surface area contributed by atoms with Gasteiger partial charge < -0.3 is 24.6 Å². The lowest BCUT2D eigenvalue weighted by Gasteiger charge is -2.19. The Morgan fingerprint density at radius 2 is 1.90 bits per heavy atom. The molecular formula is C22H25N3O6. The van der Waals surface area contributed by atoms with Gasteiger partial charge >= 0.3 is 5.97 Å². The number of carbonyl (C=O) groups is 1. The van der Waals surface area contributed by atoms with Crippen LogP contribution in [0.15, 0.2) is 41.5 Å². The van der Waals surface area contributed by atoms with Crippen molar-refractivity contribution in [1.82, 2.24) is 14.3 Å². The van der Waals surface area contributed by atoms with E-state index in [1.54, 1.807) is 37.1 Å². The van der Waals surface area contributed by atoms with Gasteiger partial charge in [0.1, 0.15) is 5.75 Å². The zero-order valence-electron chi connectivity index (χ0n) is 17.6. The Morgan fingerprint density at radius 3 is 2.52 bits per heavy atom. The molecule has 0 aliphatic rings. The topological polar surface area (TPSA) is 127 Å². The Bertz CT molecular complexity index is 1160. The number of benzene rings is 1. The van der Waals surface area contributed by atoms with Gasteiger partial charge in [0, 0.05) is 31.4 Å². The minimum atomic E-state index is -0.724. The molecule has 1 aromatic carbocycles. The van der Waals surface area contributed by atoms with Crippen LogP contribution in [0.4, 0.5) is 0 Å². The first-order valence-corrected chi connectivity index (χ1v) is 9.70. The molecular weight excluding hydrogens is 402 g/mol. The number of ether oxygens (including phenoxy) is 1. The molecule has 0 saturated carbocycles. The summed E-state index contributed by atoms with van der Waals surface area (Å²) in [5.74, 6) is -1.88. The van der Waals surface area contributed by atoms with Gasteiger partial charge in [0.25, 0.3) is 5.56 Å². The molecule has 0 radical (unpaired) electrons. The Balaban J connectivity index is 2.02. The van der Waals surface area contributed by atoms with Crippen LogP contribution in [0.1, 0.15) is 34.7 Å².